The number of fused-ring (bicyclic) bond motifs is 1. The minimum Gasteiger partial charge on any atom is -0.494 e. The summed E-state index contributed by atoms with van der Waals surface area (Å²) in [6.07, 6.45) is 1.84. The van der Waals surface area contributed by atoms with Gasteiger partial charge in [-0.3, -0.25) is 9.59 Å². The Morgan fingerprint density at radius 3 is 2.37 bits per heavy atom. The molecule has 1 aromatic heterocycles. The number of rotatable bonds is 4. The average molecular weight is 375 g/mol. The number of carbonyl (C=O) groups excluding carboxylic acids is 2. The summed E-state index contributed by atoms with van der Waals surface area (Å²) in [5.41, 5.74) is 3.17. The van der Waals surface area contributed by atoms with Gasteiger partial charge in [-0.25, -0.2) is 4.90 Å². The predicted octanol–water partition coefficient (Wildman–Crippen LogP) is 4.87. The minimum atomic E-state index is -0.325. The summed E-state index contributed by atoms with van der Waals surface area (Å²) in [5, 5.41) is 3.93. The van der Waals surface area contributed by atoms with Crippen LogP contribution in [0.2, 0.25) is 0 Å². The molecule has 0 aliphatic carbocycles. The van der Waals surface area contributed by atoms with Gasteiger partial charge in [0.05, 0.1) is 12.3 Å². The largest absolute Gasteiger partial charge is 0.494 e. The second kappa shape index (κ2) is 7.21. The van der Waals surface area contributed by atoms with Gasteiger partial charge in [0.15, 0.2) is 0 Å². The summed E-state index contributed by atoms with van der Waals surface area (Å²) in [6.45, 7) is 2.46. The maximum absolute atomic E-state index is 13.2. The van der Waals surface area contributed by atoms with Crippen molar-refractivity contribution in [3.05, 3.63) is 82.0 Å². The molecule has 4 nitrogen and oxygen atoms in total. The van der Waals surface area contributed by atoms with Crippen molar-refractivity contribution in [3.8, 4) is 5.75 Å². The predicted molar refractivity (Wildman–Crippen MR) is 108 cm³/mol. The molecule has 2 aromatic carbocycles. The van der Waals surface area contributed by atoms with E-state index in [4.69, 9.17) is 4.74 Å². The van der Waals surface area contributed by atoms with Gasteiger partial charge < -0.3 is 4.74 Å². The van der Waals surface area contributed by atoms with Crippen LogP contribution in [-0.2, 0) is 4.79 Å². The van der Waals surface area contributed by atoms with Crippen molar-refractivity contribution >= 4 is 40.5 Å². The van der Waals surface area contributed by atoms with Gasteiger partial charge in [0, 0.05) is 11.1 Å². The number of ether oxygens (including phenoxy) is 1. The Hall–Kier alpha value is -3.18. The van der Waals surface area contributed by atoms with E-state index in [1.165, 1.54) is 4.90 Å². The fraction of sp³-hybridized carbons (Fsp3) is 0.0909. The molecule has 0 unspecified atom stereocenters. The van der Waals surface area contributed by atoms with Crippen molar-refractivity contribution < 1.29 is 14.3 Å². The first-order valence-corrected chi connectivity index (χ1v) is 9.58. The Morgan fingerprint density at radius 1 is 0.963 bits per heavy atom. The minimum absolute atomic E-state index is 0.317. The lowest BCUT2D eigenvalue weighted by atomic mass is 9.92. The first-order chi connectivity index (χ1) is 13.2. The molecular weight excluding hydrogens is 358 g/mol. The maximum atomic E-state index is 13.2. The van der Waals surface area contributed by atoms with Crippen molar-refractivity contribution in [3.63, 3.8) is 0 Å². The normalized spacial score (nSPS) is 15.1. The molecule has 0 saturated carbocycles. The molecular formula is C22H17NO3S. The van der Waals surface area contributed by atoms with Crippen molar-refractivity contribution in [2.45, 2.75) is 6.92 Å². The van der Waals surface area contributed by atoms with Crippen molar-refractivity contribution in [1.29, 1.82) is 0 Å². The lowest BCUT2D eigenvalue weighted by Crippen LogP contribution is -2.41. The number of imide groups is 1. The second-order valence-electron chi connectivity index (χ2n) is 6.03. The number of hydrogen-bond donors (Lipinski definition) is 0. The van der Waals surface area contributed by atoms with Gasteiger partial charge in [-0.2, -0.15) is 11.3 Å². The van der Waals surface area contributed by atoms with Gasteiger partial charge in [0.1, 0.15) is 5.75 Å². The fourth-order valence-electron chi connectivity index (χ4n) is 3.11. The van der Waals surface area contributed by atoms with E-state index in [1.54, 1.807) is 41.7 Å². The van der Waals surface area contributed by atoms with Crippen LogP contribution in [0, 0.1) is 0 Å². The molecule has 2 heterocycles. The highest BCUT2D eigenvalue weighted by molar-refractivity contribution is 7.08. The lowest BCUT2D eigenvalue weighted by molar-refractivity contribution is -0.112. The Morgan fingerprint density at radius 2 is 1.70 bits per heavy atom. The van der Waals surface area contributed by atoms with Crippen molar-refractivity contribution in [1.82, 2.24) is 0 Å². The quantitative estimate of drug-likeness (QED) is 0.483. The lowest BCUT2D eigenvalue weighted by Gasteiger charge is -2.28. The van der Waals surface area contributed by atoms with Gasteiger partial charge in [-0.15, -0.1) is 0 Å². The first kappa shape index (κ1) is 17.2. The van der Waals surface area contributed by atoms with E-state index in [0.717, 1.165) is 5.56 Å². The summed E-state index contributed by atoms with van der Waals surface area (Å²) >= 11 is 1.56. The Kier molecular flexibility index (Phi) is 4.60. The molecule has 5 heteroatoms. The van der Waals surface area contributed by atoms with Crippen LogP contribution in [0.15, 0.2) is 65.4 Å². The topological polar surface area (TPSA) is 46.6 Å². The molecule has 0 saturated heterocycles. The van der Waals surface area contributed by atoms with Gasteiger partial charge >= 0.3 is 0 Å². The summed E-state index contributed by atoms with van der Waals surface area (Å²) in [4.78, 5) is 27.5. The summed E-state index contributed by atoms with van der Waals surface area (Å²) in [7, 11) is 0. The van der Waals surface area contributed by atoms with E-state index in [-0.39, 0.29) is 11.8 Å². The molecule has 4 rings (SSSR count). The fourth-order valence-corrected chi connectivity index (χ4v) is 3.73. The number of thiophene rings is 1. The maximum Gasteiger partial charge on any atom is 0.265 e. The molecule has 0 spiro atoms. The number of benzene rings is 2. The van der Waals surface area contributed by atoms with Gasteiger partial charge in [0.2, 0.25) is 0 Å². The van der Waals surface area contributed by atoms with E-state index >= 15 is 0 Å². The molecule has 0 radical (unpaired) electrons. The molecule has 27 heavy (non-hydrogen) atoms. The van der Waals surface area contributed by atoms with Crippen LogP contribution < -0.4 is 9.64 Å². The van der Waals surface area contributed by atoms with E-state index in [1.807, 2.05) is 48.0 Å². The van der Waals surface area contributed by atoms with Crippen LogP contribution in [0.5, 0.6) is 5.75 Å². The average Bonchev–Trinajstić information content (AvgIpc) is 3.20. The van der Waals surface area contributed by atoms with Crippen molar-refractivity contribution in [2.75, 3.05) is 11.5 Å². The molecule has 1 aliphatic heterocycles. The zero-order valence-electron chi connectivity index (χ0n) is 14.7. The highest BCUT2D eigenvalue weighted by Crippen LogP contribution is 2.34. The van der Waals surface area contributed by atoms with Crippen molar-refractivity contribution in [2.24, 2.45) is 0 Å². The third-order valence-electron chi connectivity index (χ3n) is 4.34. The number of hydrogen-bond acceptors (Lipinski definition) is 4. The van der Waals surface area contributed by atoms with Crippen LogP contribution in [0.25, 0.3) is 11.6 Å². The van der Waals surface area contributed by atoms with Crippen LogP contribution >= 0.6 is 11.3 Å². The Bertz CT molecular complexity index is 1020. The van der Waals surface area contributed by atoms with Gasteiger partial charge in [0.25, 0.3) is 11.8 Å². The molecule has 0 fully saturated rings. The SMILES string of the molecule is CCOc1ccc(N2C(=O)/C(=C/c3ccsc3)c3ccccc3C2=O)cc1. The first-order valence-electron chi connectivity index (χ1n) is 8.64. The number of carbonyl (C=O) groups is 2. The standard InChI is InChI=1S/C22H17NO3S/c1-2-26-17-9-7-16(8-10-17)23-21(24)19-6-4-3-5-18(19)20(22(23)25)13-15-11-12-27-14-15/h3-14H,2H2,1H3/b20-13+. The summed E-state index contributed by atoms with van der Waals surface area (Å²) in [5.74, 6) is 0.0592. The molecule has 2 amide bonds. The highest BCUT2D eigenvalue weighted by Gasteiger charge is 2.35. The van der Waals surface area contributed by atoms with E-state index in [9.17, 15) is 9.59 Å². The number of nitrogens with zero attached hydrogens (tertiary/aromatic N) is 1. The second-order valence-corrected chi connectivity index (χ2v) is 6.81. The van der Waals surface area contributed by atoms with Crippen LogP contribution in [-0.4, -0.2) is 18.4 Å². The Labute approximate surface area is 161 Å². The molecule has 0 atom stereocenters. The number of amides is 2. The van der Waals surface area contributed by atoms with Crippen LogP contribution in [0.3, 0.4) is 0 Å². The van der Waals surface area contributed by atoms with E-state index in [2.05, 4.69) is 0 Å². The monoisotopic (exact) mass is 375 g/mol. The van der Waals surface area contributed by atoms with Gasteiger partial charge in [-0.05, 0) is 71.3 Å². The van der Waals surface area contributed by atoms with Gasteiger partial charge in [-0.1, -0.05) is 18.2 Å². The zero-order valence-corrected chi connectivity index (χ0v) is 15.5. The van der Waals surface area contributed by atoms with Crippen LogP contribution in [0.4, 0.5) is 5.69 Å². The molecule has 0 bridgehead atoms. The molecule has 1 aliphatic rings. The zero-order chi connectivity index (χ0) is 18.8. The molecule has 134 valence electrons. The van der Waals surface area contributed by atoms with E-state index in [0.29, 0.717) is 34.7 Å². The number of anilines is 1. The van der Waals surface area contributed by atoms with Crippen LogP contribution in [0.1, 0.15) is 28.4 Å². The third-order valence-corrected chi connectivity index (χ3v) is 5.05. The molecule has 0 N–H and O–H groups in total. The summed E-state index contributed by atoms with van der Waals surface area (Å²) in [6, 6.07) is 16.2. The highest BCUT2D eigenvalue weighted by atomic mass is 32.1. The Balaban J connectivity index is 1.82. The molecule has 3 aromatic rings. The summed E-state index contributed by atoms with van der Waals surface area (Å²) < 4.78 is 5.45. The third kappa shape index (κ3) is 3.17. The smallest absolute Gasteiger partial charge is 0.265 e. The van der Waals surface area contributed by atoms with E-state index < -0.39 is 0 Å².